The van der Waals surface area contributed by atoms with E-state index in [2.05, 4.69) is 58.0 Å². The lowest BCUT2D eigenvalue weighted by Gasteiger charge is -2.31. The zero-order valence-corrected chi connectivity index (χ0v) is 25.5. The van der Waals surface area contributed by atoms with Crippen LogP contribution < -0.4 is 17.0 Å². The van der Waals surface area contributed by atoms with Crippen LogP contribution in [0.1, 0.15) is 148 Å². The van der Waals surface area contributed by atoms with Crippen molar-refractivity contribution < 1.29 is 21.7 Å². The third-order valence-electron chi connectivity index (χ3n) is 10.6. The number of rotatable bonds is 6. The highest BCUT2D eigenvalue weighted by Crippen LogP contribution is 2.45. The van der Waals surface area contributed by atoms with Crippen molar-refractivity contribution in [1.82, 2.24) is 9.78 Å². The molecule has 3 saturated carbocycles. The van der Waals surface area contributed by atoms with Gasteiger partial charge in [-0.1, -0.05) is 105 Å². The molecular weight excluding hydrogens is 526 g/mol. The molecule has 0 radical (unpaired) electrons. The first-order valence-corrected chi connectivity index (χ1v) is 16.6. The molecule has 2 aromatic carbocycles. The van der Waals surface area contributed by atoms with E-state index in [1.807, 2.05) is 0 Å². The second-order valence-corrected chi connectivity index (χ2v) is 13.3. The largest absolute Gasteiger partial charge is 1.00 e. The minimum Gasteiger partial charge on any atom is -1.00 e. The van der Waals surface area contributed by atoms with Gasteiger partial charge in [0.2, 0.25) is 6.33 Å². The normalized spacial score (nSPS) is 22.7. The standard InChI is InChI=1S/C36H48N3O.ClH/c1-5-13-27(14-6-1)21-32-24-40-25-35-37-39(26-38(32)35)36-33(29-17-9-3-10-18-29)22-31(28-15-7-2-8-16-28)23-34(36)30-19-11-4-12-20-30;/h1,5-6,13-14,22-23,26,28-30,32H,2-4,7-12,15-21,24-25H2;1H/q+1;/p-1/t32-;/m0./s1. The number of benzene rings is 2. The number of halogens is 1. The van der Waals surface area contributed by atoms with Gasteiger partial charge in [0.15, 0.2) is 0 Å². The summed E-state index contributed by atoms with van der Waals surface area (Å²) in [5.41, 5.74) is 7.69. The first-order chi connectivity index (χ1) is 19.8. The van der Waals surface area contributed by atoms with Gasteiger partial charge in [-0.15, -0.1) is 0 Å². The first-order valence-electron chi connectivity index (χ1n) is 16.6. The molecule has 0 spiro atoms. The number of hydrogen-bond donors (Lipinski definition) is 0. The van der Waals surface area contributed by atoms with E-state index < -0.39 is 0 Å². The van der Waals surface area contributed by atoms with Crippen molar-refractivity contribution in [3.05, 3.63) is 76.9 Å². The molecule has 3 aromatic rings. The maximum Gasteiger partial charge on any atom is 0.304 e. The van der Waals surface area contributed by atoms with Crippen molar-refractivity contribution in [2.45, 2.75) is 133 Å². The van der Waals surface area contributed by atoms with E-state index in [1.54, 1.807) is 16.7 Å². The topological polar surface area (TPSA) is 30.9 Å². The molecular formula is C36H48ClN3O. The quantitative estimate of drug-likeness (QED) is 0.358. The SMILES string of the molecule is [Cl-].c1ccc(C[C@H]2COCc3nn(-c4c(C5CCCCC5)cc(C5CCCCC5)cc4C4CCCCC4)c[n+]32)cc1. The maximum atomic E-state index is 6.12. The molecule has 3 fully saturated rings. The van der Waals surface area contributed by atoms with Gasteiger partial charge in [0, 0.05) is 11.5 Å². The van der Waals surface area contributed by atoms with E-state index in [0.717, 1.165) is 24.8 Å². The van der Waals surface area contributed by atoms with Gasteiger partial charge in [0.1, 0.15) is 18.3 Å². The monoisotopic (exact) mass is 573 g/mol. The Morgan fingerprint density at radius 3 is 1.88 bits per heavy atom. The predicted molar refractivity (Wildman–Crippen MR) is 160 cm³/mol. The summed E-state index contributed by atoms with van der Waals surface area (Å²) in [5.74, 6) is 3.15. The highest BCUT2D eigenvalue weighted by Gasteiger charge is 2.35. The molecule has 220 valence electrons. The predicted octanol–water partition coefficient (Wildman–Crippen LogP) is 5.62. The van der Waals surface area contributed by atoms with Gasteiger partial charge in [-0.05, 0) is 78.5 Å². The van der Waals surface area contributed by atoms with Crippen LogP contribution in [0, 0.1) is 0 Å². The first kappa shape index (κ1) is 28.9. The molecule has 2 heterocycles. The second-order valence-electron chi connectivity index (χ2n) is 13.3. The van der Waals surface area contributed by atoms with Gasteiger partial charge in [0.05, 0.1) is 6.61 Å². The van der Waals surface area contributed by atoms with Crippen LogP contribution in [0.2, 0.25) is 0 Å². The molecule has 3 aliphatic carbocycles. The second kappa shape index (κ2) is 13.4. The highest BCUT2D eigenvalue weighted by molar-refractivity contribution is 5.54. The third-order valence-corrected chi connectivity index (χ3v) is 10.6. The van der Waals surface area contributed by atoms with Crippen molar-refractivity contribution in [1.29, 1.82) is 0 Å². The Bertz CT molecular complexity index is 1230. The molecule has 4 nitrogen and oxygen atoms in total. The van der Waals surface area contributed by atoms with E-state index in [9.17, 15) is 0 Å². The molecule has 4 aliphatic rings. The lowest BCUT2D eigenvalue weighted by atomic mass is 9.75. The van der Waals surface area contributed by atoms with Gasteiger partial charge in [0.25, 0.3) is 0 Å². The average Bonchev–Trinajstić information content (AvgIpc) is 3.47. The molecule has 0 bridgehead atoms. The van der Waals surface area contributed by atoms with Crippen LogP contribution in [0.3, 0.4) is 0 Å². The Morgan fingerprint density at radius 1 is 0.732 bits per heavy atom. The summed E-state index contributed by atoms with van der Waals surface area (Å²) < 4.78 is 10.9. The summed E-state index contributed by atoms with van der Waals surface area (Å²) in [6.07, 6.45) is 23.9. The Hall–Kier alpha value is -2.17. The Morgan fingerprint density at radius 2 is 1.29 bits per heavy atom. The van der Waals surface area contributed by atoms with E-state index in [4.69, 9.17) is 9.84 Å². The minimum atomic E-state index is 0. The number of ether oxygens (including phenoxy) is 1. The van der Waals surface area contributed by atoms with Gasteiger partial charge in [-0.25, -0.2) is 4.57 Å². The van der Waals surface area contributed by atoms with Crippen LogP contribution >= 0.6 is 0 Å². The summed E-state index contributed by atoms with van der Waals surface area (Å²) in [6.45, 7) is 1.36. The molecule has 0 saturated heterocycles. The van der Waals surface area contributed by atoms with E-state index in [1.165, 1.54) is 108 Å². The smallest absolute Gasteiger partial charge is 0.304 e. The van der Waals surface area contributed by atoms with Crippen molar-refractivity contribution in [3.8, 4) is 5.69 Å². The fourth-order valence-corrected chi connectivity index (χ4v) is 8.40. The molecule has 5 heteroatoms. The van der Waals surface area contributed by atoms with Crippen LogP contribution in [0.5, 0.6) is 0 Å². The zero-order valence-electron chi connectivity index (χ0n) is 24.8. The Labute approximate surface area is 253 Å². The molecule has 41 heavy (non-hydrogen) atoms. The summed E-state index contributed by atoms with van der Waals surface area (Å²) in [4.78, 5) is 0. The van der Waals surface area contributed by atoms with Crippen molar-refractivity contribution in [2.24, 2.45) is 0 Å². The fraction of sp³-hybridized carbons (Fsp3) is 0.611. The van der Waals surface area contributed by atoms with Crippen LogP contribution in [0.25, 0.3) is 5.69 Å². The van der Waals surface area contributed by atoms with Crippen molar-refractivity contribution >= 4 is 0 Å². The highest BCUT2D eigenvalue weighted by atomic mass is 35.5. The molecule has 1 aliphatic heterocycles. The van der Waals surface area contributed by atoms with Crippen LogP contribution in [0.15, 0.2) is 48.8 Å². The lowest BCUT2D eigenvalue weighted by molar-refractivity contribution is -0.742. The number of hydrogen-bond acceptors (Lipinski definition) is 2. The average molecular weight is 574 g/mol. The fourth-order valence-electron chi connectivity index (χ4n) is 8.40. The van der Waals surface area contributed by atoms with Crippen molar-refractivity contribution in [3.63, 3.8) is 0 Å². The maximum absolute atomic E-state index is 6.12. The summed E-state index contributed by atoms with van der Waals surface area (Å²) in [7, 11) is 0. The molecule has 1 atom stereocenters. The molecule has 7 rings (SSSR count). The minimum absolute atomic E-state index is 0. The van der Waals surface area contributed by atoms with E-state index in [-0.39, 0.29) is 18.4 Å². The number of aromatic nitrogens is 3. The van der Waals surface area contributed by atoms with Gasteiger partial charge in [-0.2, -0.15) is 0 Å². The lowest BCUT2D eigenvalue weighted by Crippen LogP contribution is -3.00. The Balaban J connectivity index is 0.00000302. The van der Waals surface area contributed by atoms with E-state index in [0.29, 0.717) is 18.4 Å². The number of fused-ring (bicyclic) bond motifs is 1. The van der Waals surface area contributed by atoms with Gasteiger partial charge in [-0.3, -0.25) is 0 Å². The third kappa shape index (κ3) is 6.30. The van der Waals surface area contributed by atoms with Crippen LogP contribution in [-0.4, -0.2) is 16.4 Å². The van der Waals surface area contributed by atoms with Gasteiger partial charge >= 0.3 is 5.82 Å². The molecule has 1 aromatic heterocycles. The summed E-state index contributed by atoms with van der Waals surface area (Å²) in [6, 6.07) is 16.5. The van der Waals surface area contributed by atoms with Crippen LogP contribution in [-0.2, 0) is 17.8 Å². The molecule has 0 amide bonds. The summed E-state index contributed by atoms with van der Waals surface area (Å²) in [5, 5.41) is 5.32. The number of nitrogens with zero attached hydrogens (tertiary/aromatic N) is 3. The summed E-state index contributed by atoms with van der Waals surface area (Å²) >= 11 is 0. The van der Waals surface area contributed by atoms with Crippen molar-refractivity contribution in [2.75, 3.05) is 6.61 Å². The van der Waals surface area contributed by atoms with Crippen LogP contribution in [0.4, 0.5) is 0 Å². The Kier molecular flexibility index (Phi) is 9.47. The zero-order chi connectivity index (χ0) is 26.7. The van der Waals surface area contributed by atoms with E-state index >= 15 is 0 Å². The molecule has 0 N–H and O–H groups in total. The molecule has 0 unspecified atom stereocenters. The van der Waals surface area contributed by atoms with Gasteiger partial charge < -0.3 is 17.1 Å².